The molecular weight excluding hydrogens is 349 g/mol. The van der Waals surface area contributed by atoms with Gasteiger partial charge in [-0.15, -0.1) is 0 Å². The van der Waals surface area contributed by atoms with E-state index in [0.29, 0.717) is 22.5 Å². The van der Waals surface area contributed by atoms with Gasteiger partial charge in [-0.05, 0) is 24.3 Å². The van der Waals surface area contributed by atoms with E-state index in [4.69, 9.17) is 5.73 Å². The lowest BCUT2D eigenvalue weighted by atomic mass is 10.1. The standard InChI is InChI=1S/C19H14FN5S/c20-13-7-4-8-14(11-13)23-19-22-10-9-15(24-19)17-16(25-18(21)26-17)12-5-2-1-3-6-12/h1-11H,(H2,21,25)(H,22,23,24). The van der Waals surface area contributed by atoms with E-state index in [1.165, 1.54) is 23.5 Å². The highest BCUT2D eigenvalue weighted by Crippen LogP contribution is 2.37. The molecule has 2 aromatic carbocycles. The zero-order valence-corrected chi connectivity index (χ0v) is 14.4. The Hall–Kier alpha value is -3.32. The van der Waals surface area contributed by atoms with Crippen LogP contribution in [0.1, 0.15) is 0 Å². The number of nitrogens with zero attached hydrogens (tertiary/aromatic N) is 3. The molecule has 128 valence electrons. The average Bonchev–Trinajstić information content (AvgIpc) is 3.05. The van der Waals surface area contributed by atoms with Gasteiger partial charge in [0.1, 0.15) is 5.82 Å². The molecule has 0 bridgehead atoms. The molecule has 5 nitrogen and oxygen atoms in total. The molecule has 0 aliphatic carbocycles. The molecule has 0 saturated carbocycles. The quantitative estimate of drug-likeness (QED) is 0.548. The molecular formula is C19H14FN5S. The topological polar surface area (TPSA) is 76.7 Å². The molecule has 0 radical (unpaired) electrons. The van der Waals surface area contributed by atoms with Crippen molar-refractivity contribution in [2.75, 3.05) is 11.1 Å². The van der Waals surface area contributed by atoms with E-state index in [1.807, 2.05) is 30.3 Å². The molecule has 0 atom stereocenters. The number of rotatable bonds is 4. The fourth-order valence-electron chi connectivity index (χ4n) is 2.54. The summed E-state index contributed by atoms with van der Waals surface area (Å²) in [5.41, 5.74) is 8.97. The predicted octanol–water partition coefficient (Wildman–Crippen LogP) is 4.73. The molecule has 0 aliphatic rings. The lowest BCUT2D eigenvalue weighted by molar-refractivity contribution is 0.628. The number of halogens is 1. The van der Waals surface area contributed by atoms with Gasteiger partial charge >= 0.3 is 0 Å². The molecule has 7 heteroatoms. The Morgan fingerprint density at radius 2 is 1.81 bits per heavy atom. The largest absolute Gasteiger partial charge is 0.375 e. The van der Waals surface area contributed by atoms with Crippen molar-refractivity contribution in [3.63, 3.8) is 0 Å². The molecule has 2 aromatic heterocycles. The van der Waals surface area contributed by atoms with Gasteiger partial charge in [0, 0.05) is 17.4 Å². The number of nitrogen functional groups attached to an aromatic ring is 1. The molecule has 0 amide bonds. The Labute approximate surface area is 153 Å². The van der Waals surface area contributed by atoms with Crippen LogP contribution in [0, 0.1) is 5.82 Å². The Balaban J connectivity index is 1.71. The summed E-state index contributed by atoms with van der Waals surface area (Å²) >= 11 is 1.37. The van der Waals surface area contributed by atoms with Crippen LogP contribution < -0.4 is 11.1 Å². The van der Waals surface area contributed by atoms with Crippen molar-refractivity contribution in [1.29, 1.82) is 0 Å². The van der Waals surface area contributed by atoms with Crippen LogP contribution in [0.4, 0.5) is 21.2 Å². The maximum Gasteiger partial charge on any atom is 0.227 e. The lowest BCUT2D eigenvalue weighted by Crippen LogP contribution is -1.98. The third kappa shape index (κ3) is 3.38. The zero-order valence-electron chi connectivity index (χ0n) is 13.6. The van der Waals surface area contributed by atoms with Gasteiger partial charge in [-0.1, -0.05) is 47.7 Å². The van der Waals surface area contributed by atoms with E-state index in [9.17, 15) is 4.39 Å². The first kappa shape index (κ1) is 16.2. The summed E-state index contributed by atoms with van der Waals surface area (Å²) in [5, 5.41) is 3.48. The number of thiazole rings is 1. The molecule has 0 saturated heterocycles. The molecule has 4 rings (SSSR count). The first-order valence-corrected chi connectivity index (χ1v) is 8.68. The van der Waals surface area contributed by atoms with Crippen LogP contribution in [0.5, 0.6) is 0 Å². The maximum atomic E-state index is 13.4. The van der Waals surface area contributed by atoms with Crippen LogP contribution >= 0.6 is 11.3 Å². The van der Waals surface area contributed by atoms with Gasteiger partial charge < -0.3 is 11.1 Å². The highest BCUT2D eigenvalue weighted by atomic mass is 32.1. The fraction of sp³-hybridized carbons (Fsp3) is 0. The summed E-state index contributed by atoms with van der Waals surface area (Å²) in [6.07, 6.45) is 1.65. The number of anilines is 3. The third-order valence-electron chi connectivity index (χ3n) is 3.66. The lowest BCUT2D eigenvalue weighted by Gasteiger charge is -2.07. The maximum absolute atomic E-state index is 13.4. The first-order valence-electron chi connectivity index (χ1n) is 7.87. The van der Waals surface area contributed by atoms with E-state index in [2.05, 4.69) is 20.3 Å². The molecule has 3 N–H and O–H groups in total. The minimum absolute atomic E-state index is 0.326. The number of aromatic nitrogens is 3. The van der Waals surface area contributed by atoms with Crippen LogP contribution in [0.25, 0.3) is 21.8 Å². The Morgan fingerprint density at radius 1 is 0.962 bits per heavy atom. The highest BCUT2D eigenvalue weighted by molar-refractivity contribution is 7.19. The van der Waals surface area contributed by atoms with E-state index < -0.39 is 0 Å². The number of benzene rings is 2. The van der Waals surface area contributed by atoms with Gasteiger partial charge in [-0.3, -0.25) is 0 Å². The van der Waals surface area contributed by atoms with Crippen molar-refractivity contribution in [2.24, 2.45) is 0 Å². The average molecular weight is 363 g/mol. The number of hydrogen-bond donors (Lipinski definition) is 2. The normalized spacial score (nSPS) is 10.7. The zero-order chi connectivity index (χ0) is 17.9. The van der Waals surface area contributed by atoms with Crippen molar-refractivity contribution >= 4 is 28.1 Å². The Bertz CT molecular complexity index is 1050. The van der Waals surface area contributed by atoms with Gasteiger partial charge in [-0.2, -0.15) is 0 Å². The monoisotopic (exact) mass is 363 g/mol. The van der Waals surface area contributed by atoms with Crippen molar-refractivity contribution in [3.05, 3.63) is 72.7 Å². The SMILES string of the molecule is Nc1nc(-c2ccccc2)c(-c2ccnc(Nc3cccc(F)c3)n2)s1. The van der Waals surface area contributed by atoms with Crippen LogP contribution in [0.3, 0.4) is 0 Å². The number of nitrogens with one attached hydrogen (secondary N) is 1. The first-order chi connectivity index (χ1) is 12.7. The second-order valence-electron chi connectivity index (χ2n) is 5.50. The minimum atomic E-state index is -0.326. The van der Waals surface area contributed by atoms with Crippen LogP contribution in [-0.2, 0) is 0 Å². The summed E-state index contributed by atoms with van der Waals surface area (Å²) in [6.45, 7) is 0. The smallest absolute Gasteiger partial charge is 0.227 e. The van der Waals surface area contributed by atoms with Gasteiger partial charge in [0.25, 0.3) is 0 Å². The summed E-state index contributed by atoms with van der Waals surface area (Å²) in [4.78, 5) is 14.1. The molecule has 0 unspecified atom stereocenters. The van der Waals surface area contributed by atoms with Crippen molar-refractivity contribution in [3.8, 4) is 21.8 Å². The summed E-state index contributed by atoms with van der Waals surface area (Å²) in [7, 11) is 0. The molecule has 0 spiro atoms. The highest BCUT2D eigenvalue weighted by Gasteiger charge is 2.15. The van der Waals surface area contributed by atoms with E-state index in [1.54, 1.807) is 24.4 Å². The van der Waals surface area contributed by atoms with Gasteiger partial charge in [0.15, 0.2) is 5.13 Å². The van der Waals surface area contributed by atoms with E-state index in [0.717, 1.165) is 16.1 Å². The molecule has 0 fully saturated rings. The fourth-order valence-corrected chi connectivity index (χ4v) is 3.37. The van der Waals surface area contributed by atoms with Crippen LogP contribution in [0.15, 0.2) is 66.9 Å². The minimum Gasteiger partial charge on any atom is -0.375 e. The molecule has 26 heavy (non-hydrogen) atoms. The summed E-state index contributed by atoms with van der Waals surface area (Å²) in [5.74, 6) is 0.0480. The molecule has 0 aliphatic heterocycles. The summed E-state index contributed by atoms with van der Waals surface area (Å²) < 4.78 is 13.4. The second-order valence-corrected chi connectivity index (χ2v) is 6.53. The number of hydrogen-bond acceptors (Lipinski definition) is 6. The molecule has 4 aromatic rings. The Kier molecular flexibility index (Phi) is 4.28. The third-order valence-corrected chi connectivity index (χ3v) is 4.57. The van der Waals surface area contributed by atoms with Crippen molar-refractivity contribution in [1.82, 2.24) is 15.0 Å². The predicted molar refractivity (Wildman–Crippen MR) is 103 cm³/mol. The molecule has 2 heterocycles. The van der Waals surface area contributed by atoms with Gasteiger partial charge in [0.2, 0.25) is 5.95 Å². The van der Waals surface area contributed by atoms with Crippen molar-refractivity contribution in [2.45, 2.75) is 0 Å². The second kappa shape index (κ2) is 6.89. The van der Waals surface area contributed by atoms with Crippen LogP contribution in [-0.4, -0.2) is 15.0 Å². The van der Waals surface area contributed by atoms with Gasteiger partial charge in [0.05, 0.1) is 16.3 Å². The Morgan fingerprint density at radius 3 is 2.62 bits per heavy atom. The van der Waals surface area contributed by atoms with Crippen molar-refractivity contribution < 1.29 is 4.39 Å². The van der Waals surface area contributed by atoms with E-state index in [-0.39, 0.29) is 5.82 Å². The van der Waals surface area contributed by atoms with Crippen LogP contribution in [0.2, 0.25) is 0 Å². The summed E-state index contributed by atoms with van der Waals surface area (Å²) in [6, 6.07) is 17.7. The van der Waals surface area contributed by atoms with Gasteiger partial charge in [-0.25, -0.2) is 19.3 Å². The number of nitrogens with two attached hydrogens (primary N) is 1. The van der Waals surface area contributed by atoms with E-state index >= 15 is 0 Å².